The lowest BCUT2D eigenvalue weighted by molar-refractivity contribution is -0.121. The Morgan fingerprint density at radius 1 is 1.19 bits per heavy atom. The van der Waals surface area contributed by atoms with Gasteiger partial charge in [-0.1, -0.05) is 13.8 Å². The van der Waals surface area contributed by atoms with Crippen LogP contribution in [-0.4, -0.2) is 33.4 Å². The molecule has 0 radical (unpaired) electrons. The highest BCUT2D eigenvalue weighted by molar-refractivity contribution is 5.98. The van der Waals surface area contributed by atoms with E-state index in [2.05, 4.69) is 5.10 Å². The summed E-state index contributed by atoms with van der Waals surface area (Å²) in [6, 6.07) is 2.27. The fourth-order valence-electron chi connectivity index (χ4n) is 3.01. The van der Waals surface area contributed by atoms with Gasteiger partial charge in [0.15, 0.2) is 12.4 Å². The van der Waals surface area contributed by atoms with Crippen LogP contribution in [-0.2, 0) is 11.2 Å². The van der Waals surface area contributed by atoms with Crippen molar-refractivity contribution < 1.29 is 22.7 Å². The smallest absolute Gasteiger partial charge is 0.355 e. The summed E-state index contributed by atoms with van der Waals surface area (Å²) >= 11 is 0. The summed E-state index contributed by atoms with van der Waals surface area (Å²) in [5.74, 6) is -1.14. The molecule has 0 fully saturated rings. The molecule has 0 aliphatic carbocycles. The van der Waals surface area contributed by atoms with Crippen molar-refractivity contribution in [2.24, 2.45) is 0 Å². The maximum Gasteiger partial charge on any atom is 0.355 e. The van der Waals surface area contributed by atoms with E-state index < -0.39 is 18.1 Å². The summed E-state index contributed by atoms with van der Waals surface area (Å²) < 4.78 is 47.3. The van der Waals surface area contributed by atoms with Crippen LogP contribution in [0.4, 0.5) is 18.9 Å². The third kappa shape index (κ3) is 3.31. The number of carbonyl (C=O) groups excluding carboxylic acids is 1. The van der Waals surface area contributed by atoms with Crippen LogP contribution < -0.4 is 15.3 Å². The lowest BCUT2D eigenvalue weighted by atomic mass is 10.2. The number of hydrogen-bond acceptors (Lipinski definition) is 4. The number of ether oxygens (including phenoxy) is 1. The van der Waals surface area contributed by atoms with Gasteiger partial charge in [-0.15, -0.1) is 5.10 Å². The number of anilines is 1. The Kier molecular flexibility index (Phi) is 5.24. The molecule has 0 spiro atoms. The Labute approximate surface area is 152 Å². The topological polar surface area (TPSA) is 69.4 Å². The van der Waals surface area contributed by atoms with E-state index in [9.17, 15) is 22.8 Å². The number of carbonyl (C=O) groups is 1. The third-order valence-corrected chi connectivity index (χ3v) is 4.20. The Morgan fingerprint density at radius 3 is 2.56 bits per heavy atom. The molecule has 7 nitrogen and oxygen atoms in total. The molecule has 2 aromatic rings. The predicted molar refractivity (Wildman–Crippen MR) is 91.2 cm³/mol. The molecule has 1 aliphatic heterocycles. The average Bonchev–Trinajstić information content (AvgIpc) is 2.94. The first kappa shape index (κ1) is 19.0. The molecule has 146 valence electrons. The number of hydrogen-bond donors (Lipinski definition) is 0. The van der Waals surface area contributed by atoms with E-state index in [4.69, 9.17) is 4.74 Å². The molecule has 0 saturated carbocycles. The molecule has 1 aromatic heterocycles. The zero-order valence-corrected chi connectivity index (χ0v) is 14.9. The Hall–Kier alpha value is -2.78. The minimum atomic E-state index is -3.09. The van der Waals surface area contributed by atoms with Crippen molar-refractivity contribution in [1.29, 1.82) is 0 Å². The average molecular weight is 384 g/mol. The van der Waals surface area contributed by atoms with Crippen LogP contribution in [0.3, 0.4) is 0 Å². The molecule has 0 atom stereocenters. The van der Waals surface area contributed by atoms with Crippen LogP contribution >= 0.6 is 0 Å². The van der Waals surface area contributed by atoms with Gasteiger partial charge in [-0.25, -0.2) is 13.8 Å². The van der Waals surface area contributed by atoms with Crippen molar-refractivity contribution in [2.75, 3.05) is 18.1 Å². The number of fused-ring (bicyclic) bond motifs is 1. The van der Waals surface area contributed by atoms with Crippen molar-refractivity contribution in [2.45, 2.75) is 39.7 Å². The number of rotatable bonds is 6. The molecule has 0 saturated heterocycles. The number of aromatic nitrogens is 3. The molecular formula is C17H19F3N4O3. The highest BCUT2D eigenvalue weighted by atomic mass is 19.3. The van der Waals surface area contributed by atoms with Crippen LogP contribution in [0.25, 0.3) is 5.69 Å². The van der Waals surface area contributed by atoms with Crippen molar-refractivity contribution in [3.05, 3.63) is 34.3 Å². The summed E-state index contributed by atoms with van der Waals surface area (Å²) in [5.41, 5.74) is -1.17. The second-order valence-corrected chi connectivity index (χ2v) is 6.11. The van der Waals surface area contributed by atoms with E-state index in [1.807, 2.05) is 6.92 Å². The third-order valence-electron chi connectivity index (χ3n) is 4.20. The normalized spacial score (nSPS) is 13.9. The number of benzene rings is 1. The SMILES string of the molecule is CCCc1nn(-c2cc3c(cc2F)OCC(=O)N3CCC)c(=O)n1C(F)F. The number of halogens is 3. The molecule has 3 rings (SSSR count). The number of aryl methyl sites for hydroxylation is 1. The molecule has 0 bridgehead atoms. The number of amides is 1. The second kappa shape index (κ2) is 7.45. The summed E-state index contributed by atoms with van der Waals surface area (Å²) in [7, 11) is 0. The van der Waals surface area contributed by atoms with Crippen LogP contribution in [0.2, 0.25) is 0 Å². The molecule has 0 unspecified atom stereocenters. The molecule has 1 aliphatic rings. The molecule has 1 amide bonds. The Bertz CT molecular complexity index is 923. The van der Waals surface area contributed by atoms with Crippen LogP contribution in [0, 0.1) is 5.82 Å². The minimum absolute atomic E-state index is 0.132. The van der Waals surface area contributed by atoms with Crippen molar-refractivity contribution in [3.63, 3.8) is 0 Å². The highest BCUT2D eigenvalue weighted by Crippen LogP contribution is 2.35. The van der Waals surface area contributed by atoms with E-state index in [1.165, 1.54) is 11.0 Å². The lowest BCUT2D eigenvalue weighted by Crippen LogP contribution is -2.39. The van der Waals surface area contributed by atoms with Gasteiger partial charge in [-0.2, -0.15) is 13.5 Å². The first-order valence-electron chi connectivity index (χ1n) is 8.64. The first-order chi connectivity index (χ1) is 12.9. The maximum absolute atomic E-state index is 14.6. The van der Waals surface area contributed by atoms with E-state index in [0.29, 0.717) is 24.1 Å². The maximum atomic E-state index is 14.6. The fraction of sp³-hybridized carbons (Fsp3) is 0.471. The Balaban J connectivity index is 2.17. The van der Waals surface area contributed by atoms with Gasteiger partial charge in [-0.05, 0) is 18.9 Å². The molecule has 27 heavy (non-hydrogen) atoms. The largest absolute Gasteiger partial charge is 0.481 e. The van der Waals surface area contributed by atoms with E-state index in [-0.39, 0.29) is 46.5 Å². The van der Waals surface area contributed by atoms with Crippen LogP contribution in [0.1, 0.15) is 39.1 Å². The van der Waals surface area contributed by atoms with Crippen molar-refractivity contribution >= 4 is 11.6 Å². The van der Waals surface area contributed by atoms with Gasteiger partial charge in [0.05, 0.1) is 5.69 Å². The van der Waals surface area contributed by atoms with Crippen molar-refractivity contribution in [1.82, 2.24) is 14.3 Å². The van der Waals surface area contributed by atoms with E-state index in [0.717, 1.165) is 6.07 Å². The van der Waals surface area contributed by atoms with Gasteiger partial charge in [-0.3, -0.25) is 4.79 Å². The predicted octanol–water partition coefficient (Wildman–Crippen LogP) is 2.66. The summed E-state index contributed by atoms with van der Waals surface area (Å²) in [6.45, 7) is 0.701. The summed E-state index contributed by atoms with van der Waals surface area (Å²) in [5, 5.41) is 3.89. The first-order valence-corrected chi connectivity index (χ1v) is 8.64. The molecule has 10 heteroatoms. The zero-order chi connectivity index (χ0) is 19.7. The highest BCUT2D eigenvalue weighted by Gasteiger charge is 2.29. The van der Waals surface area contributed by atoms with E-state index in [1.54, 1.807) is 6.92 Å². The van der Waals surface area contributed by atoms with Gasteiger partial charge >= 0.3 is 12.2 Å². The molecule has 2 heterocycles. The minimum Gasteiger partial charge on any atom is -0.481 e. The zero-order valence-electron chi connectivity index (χ0n) is 14.9. The summed E-state index contributed by atoms with van der Waals surface area (Å²) in [6.07, 6.45) is 1.28. The lowest BCUT2D eigenvalue weighted by Gasteiger charge is -2.29. The Morgan fingerprint density at radius 2 is 1.93 bits per heavy atom. The quantitative estimate of drug-likeness (QED) is 0.768. The van der Waals surface area contributed by atoms with Gasteiger partial charge in [0.1, 0.15) is 17.3 Å². The second-order valence-electron chi connectivity index (χ2n) is 6.11. The fourth-order valence-corrected chi connectivity index (χ4v) is 3.01. The monoisotopic (exact) mass is 384 g/mol. The van der Waals surface area contributed by atoms with Gasteiger partial charge in [0.25, 0.3) is 5.91 Å². The molecular weight excluding hydrogens is 365 g/mol. The van der Waals surface area contributed by atoms with Crippen LogP contribution in [0.15, 0.2) is 16.9 Å². The summed E-state index contributed by atoms with van der Waals surface area (Å²) in [4.78, 5) is 25.9. The van der Waals surface area contributed by atoms with E-state index >= 15 is 0 Å². The van der Waals surface area contributed by atoms with Gasteiger partial charge in [0, 0.05) is 19.0 Å². The number of alkyl halides is 2. The molecule has 0 N–H and O–H groups in total. The standard InChI is InChI=1S/C17H19F3N4O3/c1-3-5-14-21-24(17(26)23(14)16(19)20)11-8-12-13(7-10(11)18)27-9-15(25)22(12)6-4-2/h7-8,16H,3-6,9H2,1-2H3. The van der Waals surface area contributed by atoms with Gasteiger partial charge < -0.3 is 9.64 Å². The van der Waals surface area contributed by atoms with Crippen molar-refractivity contribution in [3.8, 4) is 11.4 Å². The van der Waals surface area contributed by atoms with Crippen LogP contribution in [0.5, 0.6) is 5.75 Å². The number of nitrogens with zero attached hydrogens (tertiary/aromatic N) is 4. The van der Waals surface area contributed by atoms with Gasteiger partial charge in [0.2, 0.25) is 0 Å². The molecule has 1 aromatic carbocycles.